The minimum absolute atomic E-state index is 0. The molecule has 1 aliphatic heterocycles. The molecule has 0 fully saturated rings. The number of pyridine rings is 1. The van der Waals surface area contributed by atoms with Crippen LogP contribution in [0, 0.1) is 18.8 Å². The number of hydrogen-bond donors (Lipinski definition) is 0. The van der Waals surface area contributed by atoms with Crippen molar-refractivity contribution in [1.82, 2.24) is 4.98 Å². The molecule has 0 aliphatic carbocycles. The fourth-order valence-electron chi connectivity index (χ4n) is 7.98. The molecule has 0 unspecified atom stereocenters. The molecule has 0 saturated heterocycles. The Labute approximate surface area is 368 Å². The Morgan fingerprint density at radius 1 is 0.661 bits per heavy atom. The van der Waals surface area contributed by atoms with Gasteiger partial charge in [-0.15, -0.1) is 54.0 Å². The third kappa shape index (κ3) is 7.07. The van der Waals surface area contributed by atoms with Crippen LogP contribution >= 0.6 is 22.7 Å². The zero-order chi connectivity index (χ0) is 39.5. The number of allylic oxidation sites excluding steroid dienone is 2. The molecule has 1 aliphatic rings. The summed E-state index contributed by atoms with van der Waals surface area (Å²) in [7, 11) is 0. The minimum atomic E-state index is -0.00684. The largest absolute Gasteiger partial charge is 0.497 e. The third-order valence-corrected chi connectivity index (χ3v) is 13.1. The van der Waals surface area contributed by atoms with E-state index in [1.165, 1.54) is 48.7 Å². The Bertz CT molecular complexity index is 2980. The number of nitrogens with zero attached hydrogens (tertiary/aromatic N) is 3. The van der Waals surface area contributed by atoms with E-state index in [1.54, 1.807) is 22.7 Å². The van der Waals surface area contributed by atoms with Crippen molar-refractivity contribution < 1.29 is 25.8 Å². The van der Waals surface area contributed by atoms with Crippen molar-refractivity contribution in [2.45, 2.75) is 40.0 Å². The number of fused-ring (bicyclic) bond motifs is 5. The number of para-hydroxylation sites is 1. The van der Waals surface area contributed by atoms with Crippen molar-refractivity contribution >= 4 is 65.0 Å². The smallest absolute Gasteiger partial charge is 0.107 e. The van der Waals surface area contributed by atoms with Crippen molar-refractivity contribution in [2.24, 2.45) is 0 Å². The first-order chi connectivity index (χ1) is 28.2. The van der Waals surface area contributed by atoms with Crippen molar-refractivity contribution in [3.8, 4) is 44.3 Å². The topological polar surface area (TPSA) is 28.6 Å². The van der Waals surface area contributed by atoms with Crippen LogP contribution in [-0.4, -0.2) is 4.98 Å². The first-order valence-electron chi connectivity index (χ1n) is 19.5. The quantitative estimate of drug-likeness (QED) is 0.149. The van der Waals surface area contributed by atoms with Gasteiger partial charge in [-0.05, 0) is 76.4 Å². The number of anilines is 2. The van der Waals surface area contributed by atoms with Crippen LogP contribution in [0.1, 0.15) is 40.2 Å². The molecule has 0 N–H and O–H groups in total. The molecular formula is C52H40N3OPtS2-3. The van der Waals surface area contributed by atoms with Crippen LogP contribution in [0.25, 0.3) is 64.5 Å². The predicted octanol–water partition coefficient (Wildman–Crippen LogP) is 15.1. The van der Waals surface area contributed by atoms with Gasteiger partial charge in [0, 0.05) is 71.6 Å². The number of benzene rings is 6. The van der Waals surface area contributed by atoms with E-state index in [-0.39, 0.29) is 26.5 Å². The number of hydrogen-bond acceptors (Lipinski definition) is 6. The van der Waals surface area contributed by atoms with E-state index in [4.69, 9.17) is 9.72 Å². The van der Waals surface area contributed by atoms with E-state index in [0.29, 0.717) is 10.8 Å². The third-order valence-electron chi connectivity index (χ3n) is 11.2. The van der Waals surface area contributed by atoms with E-state index in [1.807, 2.05) is 18.3 Å². The fraction of sp³-hybridized carbons (Fsp3) is 0.115. The summed E-state index contributed by atoms with van der Waals surface area (Å²) in [6.45, 7) is 13.3. The van der Waals surface area contributed by atoms with Crippen LogP contribution in [0.4, 0.5) is 11.4 Å². The summed E-state index contributed by atoms with van der Waals surface area (Å²) in [5, 5.41) is 7.54. The molecule has 59 heavy (non-hydrogen) atoms. The summed E-state index contributed by atoms with van der Waals surface area (Å²) < 4.78 is 9.11. The van der Waals surface area contributed by atoms with Gasteiger partial charge in [-0.25, -0.2) is 0 Å². The maximum absolute atomic E-state index is 6.70. The van der Waals surface area contributed by atoms with Crippen molar-refractivity contribution in [3.05, 3.63) is 181 Å². The maximum atomic E-state index is 6.70. The van der Waals surface area contributed by atoms with Crippen molar-refractivity contribution in [1.29, 1.82) is 0 Å². The SMILES string of the molecule is CC1=C(C)N(c2c(-c3ccccc3)cccc2-c2ccccc2)[CH-]N1c1[c-]c(Oc2[c-]c3c(-c4cc(C(C)(C)C)ccn4)cc4c5ccsc5ccc4c3s2)ccc1.[Pt]. The van der Waals surface area contributed by atoms with Crippen LogP contribution in [0.3, 0.4) is 0 Å². The minimum Gasteiger partial charge on any atom is -0.497 e. The van der Waals surface area contributed by atoms with E-state index < -0.39 is 0 Å². The average molecular weight is 982 g/mol. The van der Waals surface area contributed by atoms with Gasteiger partial charge in [0.1, 0.15) is 5.06 Å². The average Bonchev–Trinajstić information content (AvgIpc) is 3.98. The van der Waals surface area contributed by atoms with Crippen LogP contribution in [0.2, 0.25) is 0 Å². The summed E-state index contributed by atoms with van der Waals surface area (Å²) in [5.41, 5.74) is 12.2. The Morgan fingerprint density at radius 2 is 1.36 bits per heavy atom. The monoisotopic (exact) mass is 981 g/mol. The molecule has 0 atom stereocenters. The molecule has 9 aromatic rings. The van der Waals surface area contributed by atoms with E-state index in [0.717, 1.165) is 44.1 Å². The molecule has 10 rings (SSSR count). The second-order valence-electron chi connectivity index (χ2n) is 15.8. The first-order valence-corrected chi connectivity index (χ1v) is 21.2. The van der Waals surface area contributed by atoms with Gasteiger partial charge in [0.2, 0.25) is 0 Å². The van der Waals surface area contributed by atoms with Crippen molar-refractivity contribution in [3.63, 3.8) is 0 Å². The van der Waals surface area contributed by atoms with E-state index in [2.05, 4.69) is 190 Å². The normalized spacial score (nSPS) is 13.2. The molecule has 0 saturated carbocycles. The maximum Gasteiger partial charge on any atom is 0.107 e. The zero-order valence-electron chi connectivity index (χ0n) is 33.3. The number of thiophene rings is 2. The molecule has 0 spiro atoms. The molecule has 0 amide bonds. The summed E-state index contributed by atoms with van der Waals surface area (Å²) in [6.07, 6.45) is 1.93. The Morgan fingerprint density at radius 3 is 2.07 bits per heavy atom. The second-order valence-corrected chi connectivity index (χ2v) is 17.7. The number of ether oxygens (including phenoxy) is 1. The number of rotatable bonds is 7. The van der Waals surface area contributed by atoms with E-state index in [9.17, 15) is 0 Å². The van der Waals surface area contributed by atoms with Gasteiger partial charge in [0.15, 0.2) is 0 Å². The van der Waals surface area contributed by atoms with Gasteiger partial charge < -0.3 is 14.5 Å². The molecule has 0 bridgehead atoms. The molecule has 0 radical (unpaired) electrons. The first kappa shape index (κ1) is 39.0. The van der Waals surface area contributed by atoms with E-state index >= 15 is 0 Å². The van der Waals surface area contributed by atoms with Gasteiger partial charge in [-0.2, -0.15) is 22.8 Å². The molecular weight excluding hydrogens is 942 g/mol. The van der Waals surface area contributed by atoms with Gasteiger partial charge in [-0.1, -0.05) is 121 Å². The predicted molar refractivity (Wildman–Crippen MR) is 246 cm³/mol. The Hall–Kier alpha value is -5.52. The Balaban J connectivity index is 0.00000449. The molecule has 3 aromatic heterocycles. The molecule has 7 heteroatoms. The standard InChI is InChI=1S/C52H40N3OS2.Pt/c1-33-34(2)55(50-40(35-14-8-6-9-15-35)20-13-21-41(50)36-16-10-7-11-17-36)32-54(33)38-18-12-19-39(29-38)56-49-31-46-45(47-28-37(24-26-53-47)52(3,4)5)30-44-42-25-27-57-48(42)23-22-43(44)51(46)58-49;/h6-28,30,32H,1-5H3;/q-3;. The van der Waals surface area contributed by atoms with Crippen LogP contribution in [-0.2, 0) is 26.5 Å². The second kappa shape index (κ2) is 15.6. The van der Waals surface area contributed by atoms with Crippen LogP contribution in [0.5, 0.6) is 10.8 Å². The van der Waals surface area contributed by atoms with Crippen molar-refractivity contribution in [2.75, 3.05) is 9.80 Å². The molecule has 294 valence electrons. The van der Waals surface area contributed by atoms with Gasteiger partial charge in [0.05, 0.1) is 0 Å². The molecule has 6 aromatic carbocycles. The van der Waals surface area contributed by atoms with Gasteiger partial charge >= 0.3 is 0 Å². The summed E-state index contributed by atoms with van der Waals surface area (Å²) in [4.78, 5) is 9.43. The van der Waals surface area contributed by atoms with Gasteiger partial charge in [0.25, 0.3) is 0 Å². The summed E-state index contributed by atoms with van der Waals surface area (Å²) in [6, 6.07) is 54.6. The fourth-order valence-corrected chi connectivity index (χ4v) is 9.81. The zero-order valence-corrected chi connectivity index (χ0v) is 37.2. The molecule has 4 nitrogen and oxygen atoms in total. The van der Waals surface area contributed by atoms with Gasteiger partial charge in [-0.3, -0.25) is 4.98 Å². The molecule has 4 heterocycles. The Kier molecular flexibility index (Phi) is 10.3. The number of aromatic nitrogens is 1. The van der Waals surface area contributed by atoms with Crippen LogP contribution in [0.15, 0.2) is 156 Å². The summed E-state index contributed by atoms with van der Waals surface area (Å²) in [5.74, 6) is 0.631. The van der Waals surface area contributed by atoms with Crippen LogP contribution < -0.4 is 14.5 Å². The summed E-state index contributed by atoms with van der Waals surface area (Å²) >= 11 is 3.40.